The van der Waals surface area contributed by atoms with Crippen LogP contribution in [0.5, 0.6) is 0 Å². The number of carboxylic acids is 1. The number of ether oxygens (including phenoxy) is 1. The zero-order chi connectivity index (χ0) is 11.3. The molecule has 0 saturated carbocycles. The fraction of sp³-hybridized carbons (Fsp3) is 0.714. The summed E-state index contributed by atoms with van der Waals surface area (Å²) in [4.78, 5) is 10.5. The van der Waals surface area contributed by atoms with Crippen molar-refractivity contribution in [3.05, 3.63) is 0 Å². The number of hydrogen-bond acceptors (Lipinski definition) is 6. The number of rotatable bonds is 6. The average Bonchev–Trinajstić information content (AvgIpc) is 2.52. The van der Waals surface area contributed by atoms with Crippen LogP contribution < -0.4 is 0 Å². The summed E-state index contributed by atoms with van der Waals surface area (Å²) in [5.74, 6) is -0.969. The maximum absolute atomic E-state index is 10.5. The van der Waals surface area contributed by atoms with Crippen molar-refractivity contribution in [3.63, 3.8) is 0 Å². The third kappa shape index (κ3) is 3.84. The highest BCUT2D eigenvalue weighted by Crippen LogP contribution is 2.19. The van der Waals surface area contributed by atoms with E-state index in [9.17, 15) is 4.79 Å². The molecule has 1 atom stereocenters. The number of aromatic nitrogens is 4. The summed E-state index contributed by atoms with van der Waals surface area (Å²) >= 11 is 1.38. The standard InChI is InChI=1S/C7H12N4O3S/c1-5(4-14-2)15-7-8-9-10-11(7)3-6(12)13/h5H,3-4H2,1-2H3,(H,12,13). The molecule has 1 aromatic heterocycles. The number of methoxy groups -OCH3 is 1. The van der Waals surface area contributed by atoms with Crippen LogP contribution in [-0.2, 0) is 16.1 Å². The molecule has 0 aliphatic rings. The first-order valence-corrected chi connectivity index (χ1v) is 5.15. The summed E-state index contributed by atoms with van der Waals surface area (Å²) in [6.45, 7) is 2.29. The minimum Gasteiger partial charge on any atom is -0.480 e. The van der Waals surface area contributed by atoms with E-state index in [0.29, 0.717) is 11.8 Å². The molecule has 1 heterocycles. The maximum atomic E-state index is 10.5. The Morgan fingerprint density at radius 3 is 3.07 bits per heavy atom. The molecule has 0 spiro atoms. The first-order valence-electron chi connectivity index (χ1n) is 4.27. The molecule has 7 nitrogen and oxygen atoms in total. The van der Waals surface area contributed by atoms with E-state index in [0.717, 1.165) is 0 Å². The molecule has 8 heteroatoms. The monoisotopic (exact) mass is 232 g/mol. The normalized spacial score (nSPS) is 12.7. The molecule has 1 N–H and O–H groups in total. The van der Waals surface area contributed by atoms with Gasteiger partial charge in [0.05, 0.1) is 6.61 Å². The number of aliphatic carboxylic acids is 1. The van der Waals surface area contributed by atoms with E-state index in [4.69, 9.17) is 9.84 Å². The van der Waals surface area contributed by atoms with Crippen molar-refractivity contribution in [1.29, 1.82) is 0 Å². The van der Waals surface area contributed by atoms with Crippen molar-refractivity contribution < 1.29 is 14.6 Å². The molecular weight excluding hydrogens is 220 g/mol. The Bertz CT molecular complexity index is 330. The molecule has 0 radical (unpaired) electrons. The second-order valence-electron chi connectivity index (χ2n) is 2.90. The van der Waals surface area contributed by atoms with Crippen molar-refractivity contribution in [2.45, 2.75) is 23.9 Å². The van der Waals surface area contributed by atoms with E-state index in [1.54, 1.807) is 7.11 Å². The molecule has 0 aliphatic carbocycles. The lowest BCUT2D eigenvalue weighted by molar-refractivity contribution is -0.138. The Balaban J connectivity index is 2.60. The van der Waals surface area contributed by atoms with E-state index < -0.39 is 5.97 Å². The van der Waals surface area contributed by atoms with Crippen molar-refractivity contribution in [2.75, 3.05) is 13.7 Å². The molecule has 0 fully saturated rings. The van der Waals surface area contributed by atoms with Gasteiger partial charge in [-0.2, -0.15) is 0 Å². The Morgan fingerprint density at radius 2 is 2.47 bits per heavy atom. The first kappa shape index (κ1) is 11.9. The van der Waals surface area contributed by atoms with Gasteiger partial charge in [-0.25, -0.2) is 4.68 Å². The lowest BCUT2D eigenvalue weighted by Gasteiger charge is -2.08. The third-order valence-electron chi connectivity index (χ3n) is 1.49. The summed E-state index contributed by atoms with van der Waals surface area (Å²) in [6.07, 6.45) is 0. The summed E-state index contributed by atoms with van der Waals surface area (Å²) in [6, 6.07) is 0. The summed E-state index contributed by atoms with van der Waals surface area (Å²) in [7, 11) is 1.61. The second-order valence-corrected chi connectivity index (χ2v) is 4.30. The minimum atomic E-state index is -0.969. The van der Waals surface area contributed by atoms with Gasteiger partial charge in [0.1, 0.15) is 6.54 Å². The number of tetrazole rings is 1. The van der Waals surface area contributed by atoms with Crippen LogP contribution in [0.1, 0.15) is 6.92 Å². The van der Waals surface area contributed by atoms with Gasteiger partial charge in [-0.05, 0) is 10.4 Å². The topological polar surface area (TPSA) is 90.1 Å². The molecule has 1 unspecified atom stereocenters. The zero-order valence-electron chi connectivity index (χ0n) is 8.45. The number of thioether (sulfide) groups is 1. The predicted molar refractivity (Wildman–Crippen MR) is 52.6 cm³/mol. The summed E-state index contributed by atoms with van der Waals surface area (Å²) < 4.78 is 6.21. The van der Waals surface area contributed by atoms with Crippen LogP contribution >= 0.6 is 11.8 Å². The highest BCUT2D eigenvalue weighted by Gasteiger charge is 2.13. The molecule has 0 amide bonds. The first-order chi connectivity index (χ1) is 7.13. The van der Waals surface area contributed by atoms with Crippen molar-refractivity contribution in [3.8, 4) is 0 Å². The molecule has 0 bridgehead atoms. The van der Waals surface area contributed by atoms with Crippen molar-refractivity contribution in [2.24, 2.45) is 0 Å². The van der Waals surface area contributed by atoms with E-state index in [-0.39, 0.29) is 11.8 Å². The maximum Gasteiger partial charge on any atom is 0.325 e. The van der Waals surface area contributed by atoms with Gasteiger partial charge in [0, 0.05) is 12.4 Å². The SMILES string of the molecule is COCC(C)Sc1nnnn1CC(=O)O. The molecular formula is C7H12N4O3S. The Hall–Kier alpha value is -1.15. The van der Waals surface area contributed by atoms with Crippen LogP contribution in [0.4, 0.5) is 0 Å². The van der Waals surface area contributed by atoms with Gasteiger partial charge in [0.15, 0.2) is 0 Å². The van der Waals surface area contributed by atoms with Crippen molar-refractivity contribution in [1.82, 2.24) is 20.2 Å². The van der Waals surface area contributed by atoms with Gasteiger partial charge in [-0.15, -0.1) is 5.10 Å². The largest absolute Gasteiger partial charge is 0.480 e. The highest BCUT2D eigenvalue weighted by atomic mass is 32.2. The summed E-state index contributed by atoms with van der Waals surface area (Å²) in [5.41, 5.74) is 0. The van der Waals surface area contributed by atoms with Gasteiger partial charge in [0.25, 0.3) is 0 Å². The van der Waals surface area contributed by atoms with Crippen LogP contribution in [-0.4, -0.2) is 50.2 Å². The smallest absolute Gasteiger partial charge is 0.325 e. The second kappa shape index (κ2) is 5.66. The van der Waals surface area contributed by atoms with Gasteiger partial charge in [0.2, 0.25) is 5.16 Å². The van der Waals surface area contributed by atoms with Crippen LogP contribution in [0.25, 0.3) is 0 Å². The third-order valence-corrected chi connectivity index (χ3v) is 2.53. The van der Waals surface area contributed by atoms with Crippen molar-refractivity contribution >= 4 is 17.7 Å². The minimum absolute atomic E-state index is 0.175. The van der Waals surface area contributed by atoms with Gasteiger partial charge >= 0.3 is 5.97 Å². The molecule has 84 valence electrons. The molecule has 1 rings (SSSR count). The van der Waals surface area contributed by atoms with Gasteiger partial charge in [-0.1, -0.05) is 18.7 Å². The van der Waals surface area contributed by atoms with Crippen LogP contribution in [0.2, 0.25) is 0 Å². The number of nitrogens with zero attached hydrogens (tertiary/aromatic N) is 4. The van der Waals surface area contributed by atoms with E-state index in [2.05, 4.69) is 15.5 Å². The molecule has 1 aromatic rings. The zero-order valence-corrected chi connectivity index (χ0v) is 9.27. The quantitative estimate of drug-likeness (QED) is 0.684. The lowest BCUT2D eigenvalue weighted by Crippen LogP contribution is -2.13. The Morgan fingerprint density at radius 1 is 1.73 bits per heavy atom. The van der Waals surface area contributed by atoms with Crippen LogP contribution in [0.3, 0.4) is 0 Å². The van der Waals surface area contributed by atoms with E-state index in [1.165, 1.54) is 16.4 Å². The molecule has 0 saturated heterocycles. The van der Waals surface area contributed by atoms with E-state index in [1.807, 2.05) is 6.92 Å². The lowest BCUT2D eigenvalue weighted by atomic mass is 10.5. The Labute approximate surface area is 90.8 Å². The van der Waals surface area contributed by atoms with Gasteiger partial charge < -0.3 is 9.84 Å². The molecule has 0 aromatic carbocycles. The summed E-state index contributed by atoms with van der Waals surface area (Å²) in [5, 5.41) is 20.0. The Kier molecular flexibility index (Phi) is 4.50. The number of carboxylic acid groups (broad SMARTS) is 1. The van der Waals surface area contributed by atoms with Crippen LogP contribution in [0.15, 0.2) is 5.16 Å². The number of hydrogen-bond donors (Lipinski definition) is 1. The van der Waals surface area contributed by atoms with E-state index >= 15 is 0 Å². The average molecular weight is 232 g/mol. The fourth-order valence-electron chi connectivity index (χ4n) is 0.957. The predicted octanol–water partition coefficient (Wildman–Crippen LogP) is -0.115. The van der Waals surface area contributed by atoms with Crippen LogP contribution in [0, 0.1) is 0 Å². The highest BCUT2D eigenvalue weighted by molar-refractivity contribution is 7.99. The fourth-order valence-corrected chi connectivity index (χ4v) is 1.83. The number of carbonyl (C=O) groups is 1. The van der Waals surface area contributed by atoms with Gasteiger partial charge in [-0.3, -0.25) is 4.79 Å². The molecule has 0 aliphatic heterocycles. The molecule has 15 heavy (non-hydrogen) atoms.